The Morgan fingerprint density at radius 2 is 1.22 bits per heavy atom. The number of carbonyl (C=O) groups excluding carboxylic acids is 2. The topological polar surface area (TPSA) is 58.5 Å². The van der Waals surface area contributed by atoms with Gasteiger partial charge in [0.25, 0.3) is 0 Å². The van der Waals surface area contributed by atoms with E-state index in [0.29, 0.717) is 11.1 Å². The van der Waals surface area contributed by atoms with E-state index in [4.69, 9.17) is 0 Å². The van der Waals surface area contributed by atoms with E-state index in [-0.39, 0.29) is 23.3 Å². The number of nitrogens with one attached hydrogen (secondary N) is 1. The highest BCUT2D eigenvalue weighted by atomic mass is 16.1. The molecule has 4 rings (SSSR count). The quantitative estimate of drug-likeness (QED) is 0.703. The van der Waals surface area contributed by atoms with Crippen LogP contribution in [0, 0.1) is 5.92 Å². The fraction of sp³-hybridized carbons (Fsp3) is 0.0870. The van der Waals surface area contributed by atoms with Crippen LogP contribution in [0.15, 0.2) is 96.1 Å². The molecule has 1 aliphatic heterocycles. The van der Waals surface area contributed by atoms with Crippen molar-refractivity contribution in [1.29, 1.82) is 0 Å². The fourth-order valence-electron chi connectivity index (χ4n) is 3.36. The first-order valence-corrected chi connectivity index (χ1v) is 8.83. The van der Waals surface area contributed by atoms with E-state index in [2.05, 4.69) is 10.5 Å². The summed E-state index contributed by atoms with van der Waals surface area (Å²) in [6.07, 6.45) is 0. The zero-order chi connectivity index (χ0) is 18.6. The number of hydrogen-bond donors (Lipinski definition) is 1. The first-order chi connectivity index (χ1) is 13.3. The number of benzene rings is 3. The third-order valence-corrected chi connectivity index (χ3v) is 4.72. The van der Waals surface area contributed by atoms with Gasteiger partial charge in [-0.25, -0.2) is 0 Å². The highest BCUT2D eigenvalue weighted by Gasteiger charge is 2.41. The van der Waals surface area contributed by atoms with Crippen LogP contribution in [0.2, 0.25) is 0 Å². The fourth-order valence-corrected chi connectivity index (χ4v) is 3.36. The molecule has 0 spiro atoms. The highest BCUT2D eigenvalue weighted by molar-refractivity contribution is 6.50. The lowest BCUT2D eigenvalue weighted by Crippen LogP contribution is -2.33. The van der Waals surface area contributed by atoms with Gasteiger partial charge in [-0.15, -0.1) is 0 Å². The maximum atomic E-state index is 13.3. The molecule has 0 aromatic heterocycles. The Labute approximate surface area is 157 Å². The van der Waals surface area contributed by atoms with Crippen LogP contribution in [0.4, 0.5) is 0 Å². The van der Waals surface area contributed by atoms with Gasteiger partial charge in [-0.3, -0.25) is 9.59 Å². The number of carbonyl (C=O) groups is 2. The van der Waals surface area contributed by atoms with Crippen LogP contribution < -0.4 is 5.43 Å². The summed E-state index contributed by atoms with van der Waals surface area (Å²) in [5.74, 6) is -1.02. The second kappa shape index (κ2) is 7.38. The maximum absolute atomic E-state index is 13.3. The lowest BCUT2D eigenvalue weighted by Gasteiger charge is -2.20. The number of nitrogens with zero attached hydrogens (tertiary/aromatic N) is 1. The zero-order valence-corrected chi connectivity index (χ0v) is 14.6. The van der Waals surface area contributed by atoms with Gasteiger partial charge in [-0.05, 0) is 5.56 Å². The molecule has 27 heavy (non-hydrogen) atoms. The van der Waals surface area contributed by atoms with Crippen LogP contribution >= 0.6 is 0 Å². The van der Waals surface area contributed by atoms with Gasteiger partial charge >= 0.3 is 0 Å². The molecule has 1 aliphatic rings. The van der Waals surface area contributed by atoms with Crippen molar-refractivity contribution in [1.82, 2.24) is 5.43 Å². The second-order valence-electron chi connectivity index (χ2n) is 6.42. The standard InChI is InChI=1S/C23H18N2O2/c26-22(17-12-6-2-7-13-17)19-20(16-10-4-1-5-11-16)24-25-21(19)23(27)18-14-8-3-9-15-18/h1-15,19-20,24H/t19-,20-/m0/s1. The summed E-state index contributed by atoms with van der Waals surface area (Å²) in [5.41, 5.74) is 5.29. The summed E-state index contributed by atoms with van der Waals surface area (Å²) in [5, 5.41) is 4.29. The lowest BCUT2D eigenvalue weighted by atomic mass is 9.82. The molecule has 3 aromatic carbocycles. The van der Waals surface area contributed by atoms with Crippen molar-refractivity contribution < 1.29 is 9.59 Å². The summed E-state index contributed by atoms with van der Waals surface area (Å²) in [4.78, 5) is 26.4. The average molecular weight is 354 g/mol. The summed E-state index contributed by atoms with van der Waals surface area (Å²) >= 11 is 0. The Balaban J connectivity index is 1.74. The normalized spacial score (nSPS) is 18.4. The Bertz CT molecular complexity index is 983. The predicted molar refractivity (Wildman–Crippen MR) is 105 cm³/mol. The minimum Gasteiger partial charge on any atom is -0.301 e. The highest BCUT2D eigenvalue weighted by Crippen LogP contribution is 2.32. The minimum absolute atomic E-state index is 0.113. The van der Waals surface area contributed by atoms with Crippen molar-refractivity contribution in [2.75, 3.05) is 0 Å². The van der Waals surface area contributed by atoms with Gasteiger partial charge in [0.05, 0.1) is 12.0 Å². The van der Waals surface area contributed by atoms with Gasteiger partial charge in [0.15, 0.2) is 5.78 Å². The van der Waals surface area contributed by atoms with E-state index in [1.54, 1.807) is 36.4 Å². The van der Waals surface area contributed by atoms with Crippen molar-refractivity contribution in [3.63, 3.8) is 0 Å². The third-order valence-electron chi connectivity index (χ3n) is 4.72. The molecule has 3 aromatic rings. The third kappa shape index (κ3) is 3.29. The molecule has 0 fully saturated rings. The van der Waals surface area contributed by atoms with Crippen LogP contribution in [-0.4, -0.2) is 17.3 Å². The molecule has 0 bridgehead atoms. The molecular formula is C23H18N2O2. The average Bonchev–Trinajstić information content (AvgIpc) is 3.19. The van der Waals surface area contributed by atoms with Gasteiger partial charge in [-0.2, -0.15) is 5.10 Å². The Morgan fingerprint density at radius 1 is 0.704 bits per heavy atom. The van der Waals surface area contributed by atoms with Crippen LogP contribution in [0.3, 0.4) is 0 Å². The van der Waals surface area contributed by atoms with E-state index in [9.17, 15) is 9.59 Å². The first kappa shape index (κ1) is 16.9. The first-order valence-electron chi connectivity index (χ1n) is 8.83. The van der Waals surface area contributed by atoms with Crippen molar-refractivity contribution in [3.8, 4) is 0 Å². The predicted octanol–water partition coefficient (Wildman–Crippen LogP) is 4.07. The molecular weight excluding hydrogens is 336 g/mol. The molecule has 0 saturated carbocycles. The van der Waals surface area contributed by atoms with Gasteiger partial charge in [0, 0.05) is 11.1 Å². The van der Waals surface area contributed by atoms with E-state index in [0.717, 1.165) is 5.56 Å². The molecule has 1 N–H and O–H groups in total. The van der Waals surface area contributed by atoms with Crippen LogP contribution in [0.1, 0.15) is 32.3 Å². The Hall–Kier alpha value is -3.53. The van der Waals surface area contributed by atoms with Crippen LogP contribution in [-0.2, 0) is 0 Å². The molecule has 4 heteroatoms. The molecule has 1 heterocycles. The van der Waals surface area contributed by atoms with Crippen molar-refractivity contribution in [3.05, 3.63) is 108 Å². The molecule has 0 aliphatic carbocycles. The number of hydrazone groups is 1. The molecule has 4 nitrogen and oxygen atoms in total. The molecule has 2 atom stereocenters. The minimum atomic E-state index is -0.678. The number of hydrogen-bond acceptors (Lipinski definition) is 4. The summed E-state index contributed by atoms with van der Waals surface area (Å²) in [6, 6.07) is 27.2. The lowest BCUT2D eigenvalue weighted by molar-refractivity contribution is 0.0927. The molecule has 0 radical (unpaired) electrons. The largest absolute Gasteiger partial charge is 0.301 e. The van der Waals surface area contributed by atoms with E-state index in [1.165, 1.54) is 0 Å². The van der Waals surface area contributed by atoms with Gasteiger partial charge in [0.2, 0.25) is 5.78 Å². The maximum Gasteiger partial charge on any atom is 0.209 e. The van der Waals surface area contributed by atoms with Crippen molar-refractivity contribution >= 4 is 17.3 Å². The second-order valence-corrected chi connectivity index (χ2v) is 6.42. The number of Topliss-reactive ketones (excluding diaryl/α,β-unsaturated/α-hetero) is 2. The van der Waals surface area contributed by atoms with E-state index in [1.807, 2.05) is 54.6 Å². The van der Waals surface area contributed by atoms with Gasteiger partial charge in [-0.1, -0.05) is 91.0 Å². The monoisotopic (exact) mass is 354 g/mol. The van der Waals surface area contributed by atoms with E-state index < -0.39 is 5.92 Å². The smallest absolute Gasteiger partial charge is 0.209 e. The Morgan fingerprint density at radius 3 is 1.81 bits per heavy atom. The summed E-state index contributed by atoms with van der Waals surface area (Å²) in [7, 11) is 0. The molecule has 0 amide bonds. The summed E-state index contributed by atoms with van der Waals surface area (Å²) in [6.45, 7) is 0. The van der Waals surface area contributed by atoms with Gasteiger partial charge < -0.3 is 5.43 Å². The van der Waals surface area contributed by atoms with Crippen LogP contribution in [0.25, 0.3) is 0 Å². The Kier molecular flexibility index (Phi) is 4.62. The number of rotatable bonds is 5. The molecule has 132 valence electrons. The van der Waals surface area contributed by atoms with Crippen molar-refractivity contribution in [2.24, 2.45) is 11.0 Å². The van der Waals surface area contributed by atoms with Crippen LogP contribution in [0.5, 0.6) is 0 Å². The van der Waals surface area contributed by atoms with Gasteiger partial charge in [0.1, 0.15) is 5.71 Å². The summed E-state index contributed by atoms with van der Waals surface area (Å²) < 4.78 is 0. The van der Waals surface area contributed by atoms with E-state index >= 15 is 0 Å². The molecule has 0 saturated heterocycles. The SMILES string of the molecule is O=C(C1=NN[C@@H](c2ccccc2)[C@@H]1C(=O)c1ccccc1)c1ccccc1. The number of ketones is 2. The zero-order valence-electron chi connectivity index (χ0n) is 14.6. The molecule has 0 unspecified atom stereocenters. The van der Waals surface area contributed by atoms with Crippen molar-refractivity contribution in [2.45, 2.75) is 6.04 Å².